The topological polar surface area (TPSA) is 100.0 Å². The molecule has 0 radical (unpaired) electrons. The Balaban J connectivity index is 2.78. The number of aliphatic hydroxyl groups is 2. The van der Waals surface area contributed by atoms with Crippen molar-refractivity contribution in [2.45, 2.75) is 6.92 Å². The van der Waals surface area contributed by atoms with E-state index in [0.717, 1.165) is 11.3 Å². The van der Waals surface area contributed by atoms with Gasteiger partial charge in [-0.05, 0) is 6.92 Å². The van der Waals surface area contributed by atoms with Gasteiger partial charge in [0.25, 0.3) is 5.91 Å². The molecule has 0 atom stereocenters. The fourth-order valence-corrected chi connectivity index (χ4v) is 2.15. The zero-order valence-electron chi connectivity index (χ0n) is 10.5. The van der Waals surface area contributed by atoms with Crippen molar-refractivity contribution in [3.63, 3.8) is 0 Å². The lowest BCUT2D eigenvalue weighted by Gasteiger charge is -2.19. The van der Waals surface area contributed by atoms with Crippen LogP contribution in [-0.4, -0.2) is 64.9 Å². The molecule has 106 valence electrons. The van der Waals surface area contributed by atoms with Crippen LogP contribution in [0.2, 0.25) is 0 Å². The number of carbonyl (C=O) groups is 2. The normalized spacial score (nSPS) is 10.3. The number of amides is 1. The Hall–Kier alpha value is -1.51. The first kappa shape index (κ1) is 15.5. The van der Waals surface area contributed by atoms with Crippen LogP contribution in [-0.2, 0) is 4.74 Å². The lowest BCUT2D eigenvalue weighted by Crippen LogP contribution is -2.35. The van der Waals surface area contributed by atoms with E-state index in [0.29, 0.717) is 0 Å². The zero-order chi connectivity index (χ0) is 14.3. The van der Waals surface area contributed by atoms with Gasteiger partial charge >= 0.3 is 5.97 Å². The summed E-state index contributed by atoms with van der Waals surface area (Å²) in [7, 11) is 0. The van der Waals surface area contributed by atoms with Crippen LogP contribution in [0.1, 0.15) is 26.4 Å². The van der Waals surface area contributed by atoms with E-state index in [1.54, 1.807) is 6.92 Å². The molecule has 0 aromatic carbocycles. The first-order chi connectivity index (χ1) is 9.13. The summed E-state index contributed by atoms with van der Waals surface area (Å²) in [5.41, 5.74) is 0. The molecule has 0 saturated carbocycles. The van der Waals surface area contributed by atoms with E-state index in [2.05, 4.69) is 4.98 Å². The molecule has 0 aliphatic rings. The largest absolute Gasteiger partial charge is 0.461 e. The number of thiazole rings is 1. The standard InChI is InChI=1S/C11H16N2O5S/c1-2-18-11(17)9-12-7-8(19-9)10(16)13(3-5-14)4-6-15/h7,14-15H,2-6H2,1H3. The molecule has 0 saturated heterocycles. The molecule has 7 nitrogen and oxygen atoms in total. The van der Waals surface area contributed by atoms with Crippen molar-refractivity contribution in [1.29, 1.82) is 0 Å². The van der Waals surface area contributed by atoms with Crippen LogP contribution in [0.25, 0.3) is 0 Å². The fourth-order valence-electron chi connectivity index (χ4n) is 1.37. The minimum atomic E-state index is -0.567. The predicted octanol–water partition coefficient (Wildman–Crippen LogP) is -0.253. The predicted molar refractivity (Wildman–Crippen MR) is 68.1 cm³/mol. The van der Waals surface area contributed by atoms with Crippen LogP contribution in [0.4, 0.5) is 0 Å². The molecule has 0 aliphatic heterocycles. The van der Waals surface area contributed by atoms with Crippen molar-refractivity contribution >= 4 is 23.2 Å². The molecule has 19 heavy (non-hydrogen) atoms. The number of hydrogen-bond donors (Lipinski definition) is 2. The third-order valence-corrected chi connectivity index (χ3v) is 3.16. The molecular weight excluding hydrogens is 272 g/mol. The van der Waals surface area contributed by atoms with Crippen LogP contribution in [0.3, 0.4) is 0 Å². The van der Waals surface area contributed by atoms with Crippen LogP contribution in [0.15, 0.2) is 6.20 Å². The number of aliphatic hydroxyl groups excluding tert-OH is 2. The van der Waals surface area contributed by atoms with Crippen molar-refractivity contribution in [3.05, 3.63) is 16.1 Å². The molecule has 1 aromatic rings. The van der Waals surface area contributed by atoms with Crippen molar-refractivity contribution in [1.82, 2.24) is 9.88 Å². The van der Waals surface area contributed by atoms with Gasteiger partial charge in [-0.2, -0.15) is 0 Å². The molecule has 0 aliphatic carbocycles. The van der Waals surface area contributed by atoms with Crippen molar-refractivity contribution in [2.75, 3.05) is 32.9 Å². The first-order valence-corrected chi connectivity index (χ1v) is 6.59. The lowest BCUT2D eigenvalue weighted by molar-refractivity contribution is 0.0525. The third-order valence-electron chi connectivity index (χ3n) is 2.19. The first-order valence-electron chi connectivity index (χ1n) is 5.78. The van der Waals surface area contributed by atoms with Gasteiger partial charge < -0.3 is 19.8 Å². The summed E-state index contributed by atoms with van der Waals surface area (Å²) in [5, 5.41) is 17.8. The maximum atomic E-state index is 12.0. The summed E-state index contributed by atoms with van der Waals surface area (Å²) in [6, 6.07) is 0. The number of nitrogens with zero attached hydrogens (tertiary/aromatic N) is 2. The van der Waals surface area contributed by atoms with Gasteiger partial charge in [0.05, 0.1) is 26.0 Å². The van der Waals surface area contributed by atoms with Gasteiger partial charge in [-0.3, -0.25) is 4.79 Å². The van der Waals surface area contributed by atoms with E-state index in [4.69, 9.17) is 14.9 Å². The molecule has 1 aromatic heterocycles. The van der Waals surface area contributed by atoms with E-state index < -0.39 is 5.97 Å². The molecule has 2 N–H and O–H groups in total. The molecular formula is C11H16N2O5S. The summed E-state index contributed by atoms with van der Waals surface area (Å²) < 4.78 is 4.78. The molecule has 1 heterocycles. The number of esters is 1. The van der Waals surface area contributed by atoms with Gasteiger partial charge in [0.1, 0.15) is 4.88 Å². The molecule has 8 heteroatoms. The smallest absolute Gasteiger partial charge is 0.367 e. The number of rotatable bonds is 7. The van der Waals surface area contributed by atoms with Crippen LogP contribution < -0.4 is 0 Å². The van der Waals surface area contributed by atoms with Gasteiger partial charge in [0.2, 0.25) is 5.01 Å². The van der Waals surface area contributed by atoms with Gasteiger partial charge in [-0.25, -0.2) is 9.78 Å². The van der Waals surface area contributed by atoms with E-state index in [-0.39, 0.29) is 48.7 Å². The molecule has 1 amide bonds. The van der Waals surface area contributed by atoms with E-state index in [1.807, 2.05) is 0 Å². The molecule has 0 bridgehead atoms. The average molecular weight is 288 g/mol. The summed E-state index contributed by atoms with van der Waals surface area (Å²) in [4.78, 5) is 28.9. The van der Waals surface area contributed by atoms with Crippen molar-refractivity contribution in [2.24, 2.45) is 0 Å². The van der Waals surface area contributed by atoms with Gasteiger partial charge in [0.15, 0.2) is 0 Å². The second-order valence-electron chi connectivity index (χ2n) is 3.49. The third kappa shape index (κ3) is 4.27. The number of ether oxygens (including phenoxy) is 1. The second kappa shape index (κ2) is 7.82. The van der Waals surface area contributed by atoms with Gasteiger partial charge in [-0.1, -0.05) is 0 Å². The highest BCUT2D eigenvalue weighted by Gasteiger charge is 2.20. The Bertz CT molecular complexity index is 428. The van der Waals surface area contributed by atoms with Crippen molar-refractivity contribution in [3.8, 4) is 0 Å². The monoisotopic (exact) mass is 288 g/mol. The van der Waals surface area contributed by atoms with Crippen LogP contribution in [0.5, 0.6) is 0 Å². The molecule has 0 fully saturated rings. The lowest BCUT2D eigenvalue weighted by atomic mass is 10.4. The highest BCUT2D eigenvalue weighted by atomic mass is 32.1. The van der Waals surface area contributed by atoms with E-state index in [1.165, 1.54) is 11.1 Å². The maximum Gasteiger partial charge on any atom is 0.367 e. The Morgan fingerprint density at radius 1 is 1.37 bits per heavy atom. The maximum absolute atomic E-state index is 12.0. The summed E-state index contributed by atoms with van der Waals surface area (Å²) in [5.74, 6) is -0.946. The Morgan fingerprint density at radius 2 is 2.00 bits per heavy atom. The number of carbonyl (C=O) groups excluding carboxylic acids is 2. The minimum Gasteiger partial charge on any atom is -0.461 e. The van der Waals surface area contributed by atoms with Crippen LogP contribution in [0, 0.1) is 0 Å². The molecule has 0 spiro atoms. The Labute approximate surface area is 114 Å². The SMILES string of the molecule is CCOC(=O)c1ncc(C(=O)N(CCO)CCO)s1. The Morgan fingerprint density at radius 3 is 2.53 bits per heavy atom. The number of hydrogen-bond acceptors (Lipinski definition) is 7. The second-order valence-corrected chi connectivity index (χ2v) is 4.52. The van der Waals surface area contributed by atoms with Crippen LogP contribution >= 0.6 is 11.3 Å². The highest BCUT2D eigenvalue weighted by molar-refractivity contribution is 7.15. The quantitative estimate of drug-likeness (QED) is 0.671. The van der Waals surface area contributed by atoms with Gasteiger partial charge in [-0.15, -0.1) is 11.3 Å². The van der Waals surface area contributed by atoms with Gasteiger partial charge in [0, 0.05) is 13.1 Å². The van der Waals surface area contributed by atoms with E-state index in [9.17, 15) is 9.59 Å². The Kier molecular flexibility index (Phi) is 6.40. The average Bonchev–Trinajstić information content (AvgIpc) is 2.87. The summed E-state index contributed by atoms with van der Waals surface area (Å²) in [6.07, 6.45) is 1.29. The summed E-state index contributed by atoms with van der Waals surface area (Å²) >= 11 is 0.929. The molecule has 1 rings (SSSR count). The highest BCUT2D eigenvalue weighted by Crippen LogP contribution is 2.16. The molecule has 0 unspecified atom stereocenters. The zero-order valence-corrected chi connectivity index (χ0v) is 11.4. The van der Waals surface area contributed by atoms with E-state index >= 15 is 0 Å². The van der Waals surface area contributed by atoms with Crippen molar-refractivity contribution < 1.29 is 24.5 Å². The number of aromatic nitrogens is 1. The fraction of sp³-hybridized carbons (Fsp3) is 0.545. The summed E-state index contributed by atoms with van der Waals surface area (Å²) in [6.45, 7) is 1.76. The minimum absolute atomic E-state index is 0.109.